The van der Waals surface area contributed by atoms with Gasteiger partial charge in [-0.2, -0.15) is 0 Å². The monoisotopic (exact) mass is 353 g/mol. The number of methoxy groups -OCH3 is 1. The van der Waals surface area contributed by atoms with E-state index >= 15 is 0 Å². The van der Waals surface area contributed by atoms with E-state index in [2.05, 4.69) is 26.9 Å². The molecule has 114 valence electrons. The van der Waals surface area contributed by atoms with Gasteiger partial charge in [-0.15, -0.1) is 0 Å². The van der Waals surface area contributed by atoms with Crippen molar-refractivity contribution in [2.75, 3.05) is 31.7 Å². The Morgan fingerprint density at radius 1 is 1.48 bits per heavy atom. The summed E-state index contributed by atoms with van der Waals surface area (Å²) in [5.41, 5.74) is 2.04. The zero-order valence-electron chi connectivity index (χ0n) is 12.1. The molecule has 0 saturated carbocycles. The van der Waals surface area contributed by atoms with Crippen molar-refractivity contribution >= 4 is 33.7 Å². The van der Waals surface area contributed by atoms with Crippen molar-refractivity contribution in [3.63, 3.8) is 0 Å². The summed E-state index contributed by atoms with van der Waals surface area (Å²) >= 11 is 3.51. The number of carbonyl (C=O) groups is 1. The maximum Gasteiger partial charge on any atom is 0.328 e. The van der Waals surface area contributed by atoms with Crippen LogP contribution in [0, 0.1) is 5.92 Å². The second-order valence-electron chi connectivity index (χ2n) is 5.26. The summed E-state index contributed by atoms with van der Waals surface area (Å²) in [5.74, 6) is -0.279. The molecule has 21 heavy (non-hydrogen) atoms. The van der Waals surface area contributed by atoms with Crippen LogP contribution in [-0.2, 0) is 9.53 Å². The van der Waals surface area contributed by atoms with Crippen LogP contribution in [0.1, 0.15) is 18.4 Å². The average molecular weight is 354 g/mol. The van der Waals surface area contributed by atoms with Gasteiger partial charge in [-0.1, -0.05) is 22.0 Å². The minimum atomic E-state index is -0.939. The maximum atomic E-state index is 10.6. The van der Waals surface area contributed by atoms with E-state index in [9.17, 15) is 4.79 Å². The number of benzene rings is 1. The average Bonchev–Trinajstić information content (AvgIpc) is 2.47. The number of hydrogen-bond acceptors (Lipinski definition) is 3. The zero-order chi connectivity index (χ0) is 15.2. The van der Waals surface area contributed by atoms with Gasteiger partial charge >= 0.3 is 5.97 Å². The van der Waals surface area contributed by atoms with Gasteiger partial charge in [0.25, 0.3) is 0 Å². The molecule has 0 aliphatic carbocycles. The van der Waals surface area contributed by atoms with Gasteiger partial charge in [0.2, 0.25) is 0 Å². The zero-order valence-corrected chi connectivity index (χ0v) is 13.7. The fourth-order valence-electron chi connectivity index (χ4n) is 2.60. The van der Waals surface area contributed by atoms with Crippen LogP contribution in [0.15, 0.2) is 28.7 Å². The molecule has 1 aliphatic rings. The first-order chi connectivity index (χ1) is 10.1. The number of nitrogens with zero attached hydrogens (tertiary/aromatic N) is 1. The summed E-state index contributed by atoms with van der Waals surface area (Å²) in [6, 6.07) is 6.04. The number of hydrogen-bond donors (Lipinski definition) is 1. The molecule has 0 radical (unpaired) electrons. The molecule has 1 fully saturated rings. The van der Waals surface area contributed by atoms with Crippen LogP contribution in [0.3, 0.4) is 0 Å². The van der Waals surface area contributed by atoms with Gasteiger partial charge < -0.3 is 14.7 Å². The quantitative estimate of drug-likeness (QED) is 0.824. The Morgan fingerprint density at radius 3 is 2.76 bits per heavy atom. The van der Waals surface area contributed by atoms with Crippen molar-refractivity contribution < 1.29 is 14.6 Å². The second kappa shape index (κ2) is 7.61. The van der Waals surface area contributed by atoms with Crippen LogP contribution in [-0.4, -0.2) is 37.9 Å². The number of anilines is 1. The van der Waals surface area contributed by atoms with Gasteiger partial charge in [-0.05, 0) is 42.5 Å². The Morgan fingerprint density at radius 2 is 2.19 bits per heavy atom. The van der Waals surface area contributed by atoms with Crippen LogP contribution >= 0.6 is 15.9 Å². The molecule has 1 saturated heterocycles. The minimum absolute atomic E-state index is 0.660. The molecule has 1 aromatic rings. The second-order valence-corrected chi connectivity index (χ2v) is 6.12. The predicted molar refractivity (Wildman–Crippen MR) is 87.6 cm³/mol. The standard InChI is InChI=1S/C16H20BrNO3/c1-21-11-12-6-8-18(9-7-12)14-4-2-13(15(17)10-14)3-5-16(19)20/h2-5,10,12H,6-9,11H2,1H3,(H,19,20)/b5-3+. The molecule has 1 heterocycles. The van der Waals surface area contributed by atoms with Gasteiger partial charge in [0.15, 0.2) is 0 Å². The number of aliphatic carboxylic acids is 1. The van der Waals surface area contributed by atoms with Crippen molar-refractivity contribution in [1.29, 1.82) is 0 Å². The van der Waals surface area contributed by atoms with Crippen molar-refractivity contribution in [3.05, 3.63) is 34.3 Å². The van der Waals surface area contributed by atoms with E-state index in [4.69, 9.17) is 9.84 Å². The number of piperidine rings is 1. The molecule has 0 atom stereocenters. The number of carboxylic acid groups (broad SMARTS) is 1. The molecule has 1 aromatic carbocycles. The Labute approximate surface area is 133 Å². The third kappa shape index (κ3) is 4.58. The lowest BCUT2D eigenvalue weighted by molar-refractivity contribution is -0.131. The van der Waals surface area contributed by atoms with Crippen LogP contribution in [0.5, 0.6) is 0 Å². The van der Waals surface area contributed by atoms with E-state index < -0.39 is 5.97 Å². The van der Waals surface area contributed by atoms with Crippen molar-refractivity contribution in [2.45, 2.75) is 12.8 Å². The molecule has 0 bridgehead atoms. The minimum Gasteiger partial charge on any atom is -0.478 e. The molecule has 2 rings (SSSR count). The van der Waals surface area contributed by atoms with Gasteiger partial charge in [0, 0.05) is 43.0 Å². The van der Waals surface area contributed by atoms with E-state index in [1.54, 1.807) is 13.2 Å². The molecule has 0 spiro atoms. The summed E-state index contributed by atoms with van der Waals surface area (Å²) in [7, 11) is 1.76. The third-order valence-electron chi connectivity index (χ3n) is 3.77. The lowest BCUT2D eigenvalue weighted by Crippen LogP contribution is -2.34. The van der Waals surface area contributed by atoms with Crippen LogP contribution in [0.4, 0.5) is 5.69 Å². The van der Waals surface area contributed by atoms with Crippen LogP contribution < -0.4 is 4.90 Å². The van der Waals surface area contributed by atoms with Gasteiger partial charge in [-0.25, -0.2) is 4.79 Å². The lowest BCUT2D eigenvalue weighted by atomic mass is 9.97. The summed E-state index contributed by atoms with van der Waals surface area (Å²) < 4.78 is 6.14. The summed E-state index contributed by atoms with van der Waals surface area (Å²) in [6.45, 7) is 2.91. The largest absolute Gasteiger partial charge is 0.478 e. The lowest BCUT2D eigenvalue weighted by Gasteiger charge is -2.33. The Bertz CT molecular complexity index is 522. The molecular weight excluding hydrogens is 334 g/mol. The molecule has 1 aliphatic heterocycles. The molecule has 5 heteroatoms. The summed E-state index contributed by atoms with van der Waals surface area (Å²) in [5, 5.41) is 8.67. The Kier molecular flexibility index (Phi) is 5.82. The van der Waals surface area contributed by atoms with E-state index in [0.717, 1.165) is 48.7 Å². The maximum absolute atomic E-state index is 10.6. The molecule has 1 N–H and O–H groups in total. The Balaban J connectivity index is 2.02. The van der Waals surface area contributed by atoms with Crippen LogP contribution in [0.25, 0.3) is 6.08 Å². The molecule has 0 aromatic heterocycles. The predicted octanol–water partition coefficient (Wildman–Crippen LogP) is 3.41. The first-order valence-corrected chi connectivity index (χ1v) is 7.84. The third-order valence-corrected chi connectivity index (χ3v) is 4.46. The normalized spacial score (nSPS) is 16.6. The summed E-state index contributed by atoms with van der Waals surface area (Å²) in [6.07, 6.45) is 5.04. The first kappa shape index (κ1) is 16.0. The SMILES string of the molecule is COCC1CCN(c2ccc(/C=C/C(=O)O)c(Br)c2)CC1. The molecule has 0 amide bonds. The van der Waals surface area contributed by atoms with E-state index in [-0.39, 0.29) is 0 Å². The highest BCUT2D eigenvalue weighted by molar-refractivity contribution is 9.10. The van der Waals surface area contributed by atoms with Crippen molar-refractivity contribution in [3.8, 4) is 0 Å². The summed E-state index contributed by atoms with van der Waals surface area (Å²) in [4.78, 5) is 12.9. The van der Waals surface area contributed by atoms with E-state index in [0.29, 0.717) is 5.92 Å². The fourth-order valence-corrected chi connectivity index (χ4v) is 3.10. The number of halogens is 1. The number of ether oxygens (including phenoxy) is 1. The van der Waals surface area contributed by atoms with Gasteiger partial charge in [-0.3, -0.25) is 0 Å². The number of rotatable bonds is 5. The number of carboxylic acids is 1. The first-order valence-electron chi connectivity index (χ1n) is 7.04. The van der Waals surface area contributed by atoms with Gasteiger partial charge in [0.1, 0.15) is 0 Å². The van der Waals surface area contributed by atoms with Crippen molar-refractivity contribution in [2.24, 2.45) is 5.92 Å². The van der Waals surface area contributed by atoms with Gasteiger partial charge in [0.05, 0.1) is 0 Å². The topological polar surface area (TPSA) is 49.8 Å². The van der Waals surface area contributed by atoms with E-state index in [1.807, 2.05) is 12.1 Å². The fraction of sp³-hybridized carbons (Fsp3) is 0.438. The highest BCUT2D eigenvalue weighted by atomic mass is 79.9. The van der Waals surface area contributed by atoms with E-state index in [1.165, 1.54) is 5.69 Å². The van der Waals surface area contributed by atoms with Crippen LogP contribution in [0.2, 0.25) is 0 Å². The highest BCUT2D eigenvalue weighted by Crippen LogP contribution is 2.28. The Hall–Kier alpha value is -1.33. The molecule has 4 nitrogen and oxygen atoms in total. The molecular formula is C16H20BrNO3. The highest BCUT2D eigenvalue weighted by Gasteiger charge is 2.19. The van der Waals surface area contributed by atoms with Crippen molar-refractivity contribution in [1.82, 2.24) is 0 Å². The molecule has 0 unspecified atom stereocenters. The smallest absolute Gasteiger partial charge is 0.328 e.